The Bertz CT molecular complexity index is 331. The SMILES string of the molecule is CCCn1nnc(CC(C)C)c1C(C)(C)C. The molecule has 0 aliphatic heterocycles. The predicted molar refractivity (Wildman–Crippen MR) is 67.6 cm³/mol. The molecule has 1 aromatic rings. The summed E-state index contributed by atoms with van der Waals surface area (Å²) in [4.78, 5) is 0. The average Bonchev–Trinajstić information content (AvgIpc) is 2.46. The summed E-state index contributed by atoms with van der Waals surface area (Å²) in [5.41, 5.74) is 2.61. The van der Waals surface area contributed by atoms with E-state index in [9.17, 15) is 0 Å². The van der Waals surface area contributed by atoms with E-state index >= 15 is 0 Å². The molecule has 0 atom stereocenters. The zero-order chi connectivity index (χ0) is 12.3. The normalized spacial score (nSPS) is 12.4. The molecule has 0 aliphatic rings. The lowest BCUT2D eigenvalue weighted by molar-refractivity contribution is 0.472. The van der Waals surface area contributed by atoms with Crippen LogP contribution in [-0.4, -0.2) is 15.0 Å². The molecule has 0 unspecified atom stereocenters. The fourth-order valence-electron chi connectivity index (χ4n) is 2.06. The van der Waals surface area contributed by atoms with Gasteiger partial charge in [-0.1, -0.05) is 46.8 Å². The van der Waals surface area contributed by atoms with Crippen LogP contribution in [0.3, 0.4) is 0 Å². The lowest BCUT2D eigenvalue weighted by atomic mass is 9.88. The summed E-state index contributed by atoms with van der Waals surface area (Å²) >= 11 is 0. The maximum atomic E-state index is 4.35. The first kappa shape index (κ1) is 13.2. The van der Waals surface area contributed by atoms with Crippen molar-refractivity contribution in [1.82, 2.24) is 15.0 Å². The fraction of sp³-hybridized carbons (Fsp3) is 0.846. The second-order valence-corrected chi connectivity index (χ2v) is 5.96. The zero-order valence-corrected chi connectivity index (χ0v) is 11.5. The Morgan fingerprint density at radius 1 is 1.25 bits per heavy atom. The molecule has 0 saturated heterocycles. The lowest BCUT2D eigenvalue weighted by Crippen LogP contribution is -2.20. The van der Waals surface area contributed by atoms with Crippen LogP contribution in [0.4, 0.5) is 0 Å². The molecule has 0 N–H and O–H groups in total. The third-order valence-electron chi connectivity index (χ3n) is 2.55. The van der Waals surface area contributed by atoms with E-state index in [-0.39, 0.29) is 5.41 Å². The number of aromatic nitrogens is 3. The Kier molecular flexibility index (Phi) is 4.11. The highest BCUT2D eigenvalue weighted by Gasteiger charge is 2.25. The van der Waals surface area contributed by atoms with Crippen molar-refractivity contribution in [2.75, 3.05) is 0 Å². The van der Waals surface area contributed by atoms with E-state index in [0.29, 0.717) is 5.92 Å². The number of hydrogen-bond donors (Lipinski definition) is 0. The van der Waals surface area contributed by atoms with Crippen molar-refractivity contribution in [3.8, 4) is 0 Å². The Hall–Kier alpha value is -0.860. The highest BCUT2D eigenvalue weighted by atomic mass is 15.4. The Balaban J connectivity index is 3.09. The molecule has 0 fully saturated rings. The largest absolute Gasteiger partial charge is 0.249 e. The molecule has 92 valence electrons. The summed E-state index contributed by atoms with van der Waals surface area (Å²) in [5, 5.41) is 8.65. The first-order valence-electron chi connectivity index (χ1n) is 6.29. The van der Waals surface area contributed by atoms with Crippen molar-refractivity contribution in [3.05, 3.63) is 11.4 Å². The minimum atomic E-state index is 0.128. The molecule has 1 rings (SSSR count). The molecule has 0 aromatic carbocycles. The van der Waals surface area contributed by atoms with Crippen molar-refractivity contribution in [2.24, 2.45) is 5.92 Å². The van der Waals surface area contributed by atoms with Gasteiger partial charge in [0, 0.05) is 12.0 Å². The predicted octanol–water partition coefficient (Wildman–Crippen LogP) is 3.18. The second-order valence-electron chi connectivity index (χ2n) is 5.96. The molecular weight excluding hydrogens is 198 g/mol. The summed E-state index contributed by atoms with van der Waals surface area (Å²) in [6.45, 7) is 14.3. The molecule has 3 nitrogen and oxygen atoms in total. The molecule has 1 aromatic heterocycles. The van der Waals surface area contributed by atoms with Gasteiger partial charge < -0.3 is 0 Å². The third-order valence-corrected chi connectivity index (χ3v) is 2.55. The molecule has 16 heavy (non-hydrogen) atoms. The third kappa shape index (κ3) is 3.06. The second kappa shape index (κ2) is 4.98. The highest BCUT2D eigenvalue weighted by Crippen LogP contribution is 2.26. The number of nitrogens with zero attached hydrogens (tertiary/aromatic N) is 3. The van der Waals surface area contributed by atoms with Crippen LogP contribution in [0.15, 0.2) is 0 Å². The summed E-state index contributed by atoms with van der Waals surface area (Å²) < 4.78 is 2.08. The molecule has 0 aliphatic carbocycles. The van der Waals surface area contributed by atoms with Gasteiger partial charge in [-0.3, -0.25) is 0 Å². The number of rotatable bonds is 4. The Morgan fingerprint density at radius 3 is 2.31 bits per heavy atom. The summed E-state index contributed by atoms with van der Waals surface area (Å²) in [6.07, 6.45) is 2.13. The van der Waals surface area contributed by atoms with Crippen LogP contribution < -0.4 is 0 Å². The first-order valence-corrected chi connectivity index (χ1v) is 6.29. The molecule has 3 heteroatoms. The maximum absolute atomic E-state index is 4.35. The van der Waals surface area contributed by atoms with Crippen LogP contribution in [-0.2, 0) is 18.4 Å². The zero-order valence-electron chi connectivity index (χ0n) is 11.5. The van der Waals surface area contributed by atoms with Gasteiger partial charge in [0.15, 0.2) is 0 Å². The highest BCUT2D eigenvalue weighted by molar-refractivity contribution is 5.19. The standard InChI is InChI=1S/C13H25N3/c1-7-8-16-12(13(4,5)6)11(14-15-16)9-10(2)3/h10H,7-9H2,1-6H3. The average molecular weight is 223 g/mol. The fourth-order valence-corrected chi connectivity index (χ4v) is 2.06. The summed E-state index contributed by atoms with van der Waals surface area (Å²) in [6, 6.07) is 0. The van der Waals surface area contributed by atoms with Gasteiger partial charge in [-0.15, -0.1) is 5.10 Å². The molecular formula is C13H25N3. The van der Waals surface area contributed by atoms with E-state index in [4.69, 9.17) is 0 Å². The quantitative estimate of drug-likeness (QED) is 0.785. The van der Waals surface area contributed by atoms with E-state index in [2.05, 4.69) is 56.5 Å². The van der Waals surface area contributed by atoms with E-state index in [1.54, 1.807) is 0 Å². The van der Waals surface area contributed by atoms with Crippen molar-refractivity contribution in [1.29, 1.82) is 0 Å². The summed E-state index contributed by atoms with van der Waals surface area (Å²) in [7, 11) is 0. The summed E-state index contributed by atoms with van der Waals surface area (Å²) in [5.74, 6) is 0.632. The minimum absolute atomic E-state index is 0.128. The Morgan fingerprint density at radius 2 is 1.88 bits per heavy atom. The van der Waals surface area contributed by atoms with Gasteiger partial charge in [-0.05, 0) is 18.8 Å². The van der Waals surface area contributed by atoms with E-state index in [1.807, 2.05) is 0 Å². The van der Waals surface area contributed by atoms with Crippen LogP contribution in [0, 0.1) is 5.92 Å². The van der Waals surface area contributed by atoms with Gasteiger partial charge in [0.25, 0.3) is 0 Å². The van der Waals surface area contributed by atoms with Crippen LogP contribution in [0.2, 0.25) is 0 Å². The molecule has 0 bridgehead atoms. The van der Waals surface area contributed by atoms with Gasteiger partial charge in [0.2, 0.25) is 0 Å². The van der Waals surface area contributed by atoms with Crippen molar-refractivity contribution in [3.63, 3.8) is 0 Å². The monoisotopic (exact) mass is 223 g/mol. The molecule has 0 spiro atoms. The minimum Gasteiger partial charge on any atom is -0.249 e. The maximum Gasteiger partial charge on any atom is 0.0867 e. The van der Waals surface area contributed by atoms with Crippen molar-refractivity contribution < 1.29 is 0 Å². The molecule has 0 amide bonds. The molecule has 0 saturated carbocycles. The molecule has 1 heterocycles. The van der Waals surface area contributed by atoms with Gasteiger partial charge >= 0.3 is 0 Å². The van der Waals surface area contributed by atoms with Crippen molar-refractivity contribution >= 4 is 0 Å². The topological polar surface area (TPSA) is 30.7 Å². The van der Waals surface area contributed by atoms with Crippen LogP contribution >= 0.6 is 0 Å². The first-order chi connectivity index (χ1) is 7.36. The Labute approximate surface area is 99.2 Å². The van der Waals surface area contributed by atoms with Crippen LogP contribution in [0.25, 0.3) is 0 Å². The number of hydrogen-bond acceptors (Lipinski definition) is 2. The smallest absolute Gasteiger partial charge is 0.0867 e. The van der Waals surface area contributed by atoms with Crippen LogP contribution in [0.5, 0.6) is 0 Å². The van der Waals surface area contributed by atoms with Gasteiger partial charge in [0.05, 0.1) is 11.4 Å². The molecule has 0 radical (unpaired) electrons. The van der Waals surface area contributed by atoms with Gasteiger partial charge in [-0.2, -0.15) is 0 Å². The van der Waals surface area contributed by atoms with Gasteiger partial charge in [-0.25, -0.2) is 4.68 Å². The van der Waals surface area contributed by atoms with E-state index in [1.165, 1.54) is 11.4 Å². The lowest BCUT2D eigenvalue weighted by Gasteiger charge is -2.21. The van der Waals surface area contributed by atoms with Gasteiger partial charge in [0.1, 0.15) is 0 Å². The number of aryl methyl sites for hydroxylation is 1. The van der Waals surface area contributed by atoms with Crippen LogP contribution in [0.1, 0.15) is 59.4 Å². The van der Waals surface area contributed by atoms with E-state index < -0.39 is 0 Å². The van der Waals surface area contributed by atoms with E-state index in [0.717, 1.165) is 19.4 Å². The van der Waals surface area contributed by atoms with Crippen molar-refractivity contribution in [2.45, 2.75) is 66.3 Å².